The Morgan fingerprint density at radius 1 is 1.52 bits per heavy atom. The molecule has 0 radical (unpaired) electrons. The normalized spacial score (nSPS) is 21.8. The van der Waals surface area contributed by atoms with Gasteiger partial charge in [0, 0.05) is 12.1 Å². The third-order valence-corrected chi connectivity index (χ3v) is 3.63. The lowest BCUT2D eigenvalue weighted by Crippen LogP contribution is -2.41. The number of anilines is 1. The van der Waals surface area contributed by atoms with E-state index in [4.69, 9.17) is 4.74 Å². The van der Waals surface area contributed by atoms with Crippen LogP contribution in [-0.4, -0.2) is 30.2 Å². The number of benzene rings is 1. The van der Waals surface area contributed by atoms with Gasteiger partial charge in [-0.15, -0.1) is 0 Å². The van der Waals surface area contributed by atoms with Crippen molar-refractivity contribution in [3.05, 3.63) is 28.3 Å². The Hall–Kier alpha value is -1.82. The predicted molar refractivity (Wildman–Crippen MR) is 83.0 cm³/mol. The number of rotatable bonds is 6. The number of para-hydroxylation sites is 1. The highest BCUT2D eigenvalue weighted by Crippen LogP contribution is 2.35. The predicted octanol–water partition coefficient (Wildman–Crippen LogP) is 2.94. The van der Waals surface area contributed by atoms with E-state index in [1.807, 2.05) is 6.92 Å². The zero-order chi connectivity index (χ0) is 15.2. The molecule has 1 saturated heterocycles. The molecule has 0 amide bonds. The first-order chi connectivity index (χ1) is 10.1. The molecule has 21 heavy (non-hydrogen) atoms. The van der Waals surface area contributed by atoms with E-state index in [0.29, 0.717) is 24.1 Å². The zero-order valence-corrected chi connectivity index (χ0v) is 12.6. The second kappa shape index (κ2) is 7.26. The molecule has 2 rings (SSSR count). The van der Waals surface area contributed by atoms with Crippen molar-refractivity contribution in [3.63, 3.8) is 0 Å². The Morgan fingerprint density at radius 3 is 3.00 bits per heavy atom. The fourth-order valence-electron chi connectivity index (χ4n) is 2.64. The molecular formula is C15H23N3O3. The maximum absolute atomic E-state index is 11.4. The van der Waals surface area contributed by atoms with Crippen molar-refractivity contribution in [2.45, 2.75) is 45.2 Å². The maximum atomic E-state index is 11.4. The maximum Gasteiger partial charge on any atom is 0.333 e. The molecule has 0 aliphatic carbocycles. The van der Waals surface area contributed by atoms with Crippen LogP contribution in [0.2, 0.25) is 0 Å². The van der Waals surface area contributed by atoms with Crippen LogP contribution < -0.4 is 15.4 Å². The van der Waals surface area contributed by atoms with Gasteiger partial charge < -0.3 is 15.4 Å². The third kappa shape index (κ3) is 4.07. The summed E-state index contributed by atoms with van der Waals surface area (Å²) < 4.78 is 5.50. The minimum Gasteiger partial charge on any atom is -0.487 e. The summed E-state index contributed by atoms with van der Waals surface area (Å²) in [6.07, 6.45) is 2.74. The number of hydrogen-bond acceptors (Lipinski definition) is 5. The topological polar surface area (TPSA) is 76.4 Å². The van der Waals surface area contributed by atoms with Gasteiger partial charge in [-0.05, 0) is 44.9 Å². The van der Waals surface area contributed by atoms with Gasteiger partial charge in [-0.2, -0.15) is 0 Å². The van der Waals surface area contributed by atoms with E-state index >= 15 is 0 Å². The summed E-state index contributed by atoms with van der Waals surface area (Å²) in [5, 5.41) is 18.1. The molecule has 0 bridgehead atoms. The zero-order valence-electron chi connectivity index (χ0n) is 12.6. The Bertz CT molecular complexity index is 493. The van der Waals surface area contributed by atoms with Crippen molar-refractivity contribution in [1.82, 2.24) is 5.32 Å². The van der Waals surface area contributed by atoms with E-state index in [2.05, 4.69) is 17.6 Å². The highest BCUT2D eigenvalue weighted by atomic mass is 16.6. The van der Waals surface area contributed by atoms with Crippen molar-refractivity contribution in [2.24, 2.45) is 0 Å². The molecule has 1 aromatic rings. The largest absolute Gasteiger partial charge is 0.487 e. The van der Waals surface area contributed by atoms with Crippen LogP contribution in [0.25, 0.3) is 0 Å². The standard InChI is InChI=1S/C15H23N3O3/c1-3-9-21-14-6-4-5-13(15(14)18(19)20)17-12-7-8-16-11(2)10-12/h4-6,11-12,16-17H,3,7-10H2,1-2H3. The Labute approximate surface area is 125 Å². The van der Waals surface area contributed by atoms with Crippen LogP contribution in [0.1, 0.15) is 33.1 Å². The van der Waals surface area contributed by atoms with Gasteiger partial charge in [0.05, 0.1) is 11.5 Å². The van der Waals surface area contributed by atoms with Crippen LogP contribution in [-0.2, 0) is 0 Å². The van der Waals surface area contributed by atoms with Crippen LogP contribution in [0.4, 0.5) is 11.4 Å². The quantitative estimate of drug-likeness (QED) is 0.623. The summed E-state index contributed by atoms with van der Waals surface area (Å²) >= 11 is 0. The molecule has 2 unspecified atom stereocenters. The van der Waals surface area contributed by atoms with Crippen LogP contribution in [0.5, 0.6) is 5.75 Å². The van der Waals surface area contributed by atoms with E-state index in [1.54, 1.807) is 18.2 Å². The molecule has 1 aliphatic rings. The van der Waals surface area contributed by atoms with Gasteiger partial charge in [-0.1, -0.05) is 13.0 Å². The average molecular weight is 293 g/mol. The number of hydrogen-bond donors (Lipinski definition) is 2. The van der Waals surface area contributed by atoms with Crippen LogP contribution in [0, 0.1) is 10.1 Å². The van der Waals surface area contributed by atoms with Gasteiger partial charge in [-0.25, -0.2) is 0 Å². The van der Waals surface area contributed by atoms with E-state index in [9.17, 15) is 10.1 Å². The van der Waals surface area contributed by atoms with Crippen molar-refractivity contribution in [1.29, 1.82) is 0 Å². The molecule has 1 aromatic carbocycles. The van der Waals surface area contributed by atoms with Crippen molar-refractivity contribution >= 4 is 11.4 Å². The minimum atomic E-state index is -0.363. The lowest BCUT2D eigenvalue weighted by Gasteiger charge is -2.29. The average Bonchev–Trinajstić information content (AvgIpc) is 2.45. The van der Waals surface area contributed by atoms with Crippen LogP contribution in [0.15, 0.2) is 18.2 Å². The molecule has 0 saturated carbocycles. The summed E-state index contributed by atoms with van der Waals surface area (Å²) in [4.78, 5) is 11.0. The highest BCUT2D eigenvalue weighted by Gasteiger charge is 2.25. The SMILES string of the molecule is CCCOc1cccc(NC2CCNC(C)C2)c1[N+](=O)[O-]. The molecule has 1 fully saturated rings. The first-order valence-corrected chi connectivity index (χ1v) is 7.52. The van der Waals surface area contributed by atoms with Gasteiger partial charge >= 0.3 is 5.69 Å². The number of nitro benzene ring substituents is 1. The van der Waals surface area contributed by atoms with Crippen molar-refractivity contribution in [2.75, 3.05) is 18.5 Å². The van der Waals surface area contributed by atoms with Gasteiger partial charge in [0.25, 0.3) is 0 Å². The number of nitrogens with one attached hydrogen (secondary N) is 2. The summed E-state index contributed by atoms with van der Waals surface area (Å²) in [6.45, 7) is 5.51. The molecule has 1 aliphatic heterocycles. The van der Waals surface area contributed by atoms with Crippen LogP contribution >= 0.6 is 0 Å². The lowest BCUT2D eigenvalue weighted by molar-refractivity contribution is -0.385. The summed E-state index contributed by atoms with van der Waals surface area (Å²) in [5.41, 5.74) is 0.588. The second-order valence-corrected chi connectivity index (χ2v) is 5.48. The highest BCUT2D eigenvalue weighted by molar-refractivity contribution is 5.68. The smallest absolute Gasteiger partial charge is 0.333 e. The van der Waals surface area contributed by atoms with Gasteiger partial charge in [-0.3, -0.25) is 10.1 Å². The van der Waals surface area contributed by atoms with E-state index < -0.39 is 0 Å². The second-order valence-electron chi connectivity index (χ2n) is 5.48. The summed E-state index contributed by atoms with van der Waals surface area (Å²) in [7, 11) is 0. The molecule has 2 atom stereocenters. The van der Waals surface area contributed by atoms with Crippen LogP contribution in [0.3, 0.4) is 0 Å². The monoisotopic (exact) mass is 293 g/mol. The van der Waals surface area contributed by atoms with Crippen molar-refractivity contribution < 1.29 is 9.66 Å². The fourth-order valence-corrected chi connectivity index (χ4v) is 2.64. The van der Waals surface area contributed by atoms with E-state index in [0.717, 1.165) is 25.8 Å². The molecule has 6 heteroatoms. The summed E-state index contributed by atoms with van der Waals surface area (Å²) in [5.74, 6) is 0.342. The summed E-state index contributed by atoms with van der Waals surface area (Å²) in [6, 6.07) is 5.88. The molecule has 1 heterocycles. The number of piperidine rings is 1. The molecular weight excluding hydrogens is 270 g/mol. The van der Waals surface area contributed by atoms with Gasteiger partial charge in [0.1, 0.15) is 5.69 Å². The minimum absolute atomic E-state index is 0.0390. The fraction of sp³-hybridized carbons (Fsp3) is 0.600. The van der Waals surface area contributed by atoms with Crippen molar-refractivity contribution in [3.8, 4) is 5.75 Å². The Kier molecular flexibility index (Phi) is 5.38. The molecule has 6 nitrogen and oxygen atoms in total. The number of nitro groups is 1. The molecule has 2 N–H and O–H groups in total. The molecule has 116 valence electrons. The van der Waals surface area contributed by atoms with Gasteiger partial charge in [0.15, 0.2) is 5.75 Å². The van der Waals surface area contributed by atoms with E-state index in [-0.39, 0.29) is 16.7 Å². The molecule has 0 aromatic heterocycles. The first kappa shape index (κ1) is 15.6. The first-order valence-electron chi connectivity index (χ1n) is 7.52. The van der Waals surface area contributed by atoms with E-state index in [1.165, 1.54) is 0 Å². The number of ether oxygens (including phenoxy) is 1. The van der Waals surface area contributed by atoms with Gasteiger partial charge in [0.2, 0.25) is 0 Å². The molecule has 0 spiro atoms. The Balaban J connectivity index is 2.19. The third-order valence-electron chi connectivity index (χ3n) is 3.63. The Morgan fingerprint density at radius 2 is 2.33 bits per heavy atom. The number of nitrogens with zero attached hydrogens (tertiary/aromatic N) is 1. The lowest BCUT2D eigenvalue weighted by atomic mass is 10.00.